The highest BCUT2D eigenvalue weighted by Gasteiger charge is 2.32. The van der Waals surface area contributed by atoms with Gasteiger partial charge in [-0.1, -0.05) is 133 Å². The lowest BCUT2D eigenvalue weighted by Gasteiger charge is -2.25. The standard InChI is InChI=1S/C72H88N6O16/c1-71(2,3)93-69(85)77-57(33-21-23-39-73-67(83)91-47-51-29-17-11-18-30-51)63(79)75-59(65(81)87-7)43-53-35-37-61(89-45-49-25-13-9-14-26-49)55(41-53)56-42-54(36-38-62(56)90-46-50-27-15-10-16-28-50)44-60(66(82)88-8)76-64(80)58(78-70(86)94-72(4,5)6)34-22-24-40-74-68(84)92-48-52-31-19-12-20-32-52/h9-20,25-32,35-38,41-42,57-60H,21-24,33-34,39-40,43-48H2,1-8H3,(H,73,83)(H,74,84)(H,75,79)(H,76,80)(H,77,85)(H,78,86)/t57-,58-,59-,60-/m0/s1. The van der Waals surface area contributed by atoms with Gasteiger partial charge in [-0.2, -0.15) is 0 Å². The number of benzene rings is 6. The largest absolute Gasteiger partial charge is 0.488 e. The fraction of sp³-hybridized carbons (Fsp3) is 0.389. The number of hydrogen-bond donors (Lipinski definition) is 6. The Morgan fingerprint density at radius 1 is 0.372 bits per heavy atom. The van der Waals surface area contributed by atoms with Crippen LogP contribution in [0.4, 0.5) is 19.2 Å². The summed E-state index contributed by atoms with van der Waals surface area (Å²) in [6.45, 7) is 11.0. The number of amides is 6. The smallest absolute Gasteiger partial charge is 0.408 e. The molecule has 0 heterocycles. The average molecular weight is 1290 g/mol. The lowest BCUT2D eigenvalue weighted by Crippen LogP contribution is -2.53. The Bertz CT molecular complexity index is 3170. The molecule has 0 aliphatic carbocycles. The van der Waals surface area contributed by atoms with Crippen molar-refractivity contribution in [3.8, 4) is 22.6 Å². The zero-order chi connectivity index (χ0) is 67.9. The lowest BCUT2D eigenvalue weighted by atomic mass is 9.94. The van der Waals surface area contributed by atoms with Crippen molar-refractivity contribution in [2.24, 2.45) is 0 Å². The topological polar surface area (TPSA) is 283 Å². The molecular formula is C72H88N6O16. The molecule has 0 radical (unpaired) electrons. The predicted molar refractivity (Wildman–Crippen MR) is 352 cm³/mol. The van der Waals surface area contributed by atoms with Crippen LogP contribution in [0.5, 0.6) is 11.5 Å². The van der Waals surface area contributed by atoms with Crippen LogP contribution in [0.3, 0.4) is 0 Å². The fourth-order valence-corrected chi connectivity index (χ4v) is 9.55. The maximum atomic E-state index is 14.4. The molecule has 0 aliphatic rings. The number of carbonyl (C=O) groups is 8. The summed E-state index contributed by atoms with van der Waals surface area (Å²) in [5, 5.41) is 16.3. The van der Waals surface area contributed by atoms with E-state index in [0.717, 1.165) is 22.3 Å². The van der Waals surface area contributed by atoms with Gasteiger partial charge in [0, 0.05) is 37.1 Å². The second kappa shape index (κ2) is 37.4. The summed E-state index contributed by atoms with van der Waals surface area (Å²) >= 11 is 0. The number of unbranched alkanes of at least 4 members (excludes halogenated alkanes) is 2. The van der Waals surface area contributed by atoms with Crippen molar-refractivity contribution in [3.63, 3.8) is 0 Å². The number of carbonyl (C=O) groups excluding carboxylic acids is 8. The molecule has 0 aromatic heterocycles. The molecule has 0 saturated carbocycles. The van der Waals surface area contributed by atoms with Gasteiger partial charge in [-0.05, 0) is 138 Å². The average Bonchev–Trinajstić information content (AvgIpc) is 0.808. The summed E-state index contributed by atoms with van der Waals surface area (Å²) in [5.41, 5.74) is 3.59. The van der Waals surface area contributed by atoms with E-state index in [0.29, 0.717) is 59.4 Å². The van der Waals surface area contributed by atoms with Gasteiger partial charge in [0.15, 0.2) is 0 Å². The third-order valence-electron chi connectivity index (χ3n) is 14.2. The summed E-state index contributed by atoms with van der Waals surface area (Å²) < 4.78 is 45.4. The molecule has 6 N–H and O–H groups in total. The van der Waals surface area contributed by atoms with E-state index in [9.17, 15) is 38.4 Å². The van der Waals surface area contributed by atoms with Gasteiger partial charge >= 0.3 is 36.3 Å². The fourth-order valence-electron chi connectivity index (χ4n) is 9.55. The minimum atomic E-state index is -1.30. The van der Waals surface area contributed by atoms with Crippen LogP contribution in [-0.4, -0.2) is 111 Å². The van der Waals surface area contributed by atoms with Gasteiger partial charge in [0.1, 0.15) is 73.3 Å². The van der Waals surface area contributed by atoms with Crippen molar-refractivity contribution in [1.29, 1.82) is 0 Å². The molecule has 6 aromatic carbocycles. The second-order valence-corrected chi connectivity index (χ2v) is 24.2. The number of hydrogen-bond acceptors (Lipinski definition) is 16. The highest BCUT2D eigenvalue weighted by atomic mass is 16.6. The molecule has 22 heteroatoms. The van der Waals surface area contributed by atoms with Crippen LogP contribution in [-0.2, 0) is 86.9 Å². The van der Waals surface area contributed by atoms with Gasteiger partial charge in [0.2, 0.25) is 11.8 Å². The molecule has 6 amide bonds. The van der Waals surface area contributed by atoms with Crippen molar-refractivity contribution in [2.75, 3.05) is 27.3 Å². The van der Waals surface area contributed by atoms with Crippen LogP contribution in [0.15, 0.2) is 158 Å². The first-order valence-electron chi connectivity index (χ1n) is 31.3. The third-order valence-corrected chi connectivity index (χ3v) is 14.2. The molecule has 0 spiro atoms. The van der Waals surface area contributed by atoms with Crippen LogP contribution in [0.1, 0.15) is 113 Å². The normalized spacial score (nSPS) is 12.4. The van der Waals surface area contributed by atoms with Crippen molar-refractivity contribution in [3.05, 3.63) is 191 Å². The molecule has 6 rings (SSSR count). The number of ether oxygens (including phenoxy) is 8. The SMILES string of the molecule is COC(=O)[C@H](Cc1ccc(OCc2ccccc2)c(-c2cc(C[C@H](NC(=O)[C@H](CCCCNC(=O)OCc3ccccc3)NC(=O)OC(C)(C)C)C(=O)OC)ccc2OCc2ccccc2)c1)NC(=O)[C@H](CCCCNC(=O)OCc1ccccc1)NC(=O)OC(C)(C)C. The van der Waals surface area contributed by atoms with Gasteiger partial charge in [-0.3, -0.25) is 9.59 Å². The third kappa shape index (κ3) is 26.6. The first kappa shape index (κ1) is 72.9. The molecule has 502 valence electrons. The van der Waals surface area contributed by atoms with Crippen LogP contribution in [0.2, 0.25) is 0 Å². The molecule has 4 atom stereocenters. The molecule has 0 saturated heterocycles. The number of esters is 2. The van der Waals surface area contributed by atoms with Gasteiger partial charge in [-0.15, -0.1) is 0 Å². The van der Waals surface area contributed by atoms with E-state index < -0.39 is 83.5 Å². The van der Waals surface area contributed by atoms with E-state index in [-0.39, 0.29) is 65.2 Å². The molecule has 0 aliphatic heterocycles. The molecule has 0 fully saturated rings. The van der Waals surface area contributed by atoms with E-state index in [1.54, 1.807) is 77.9 Å². The number of rotatable bonds is 33. The predicted octanol–water partition coefficient (Wildman–Crippen LogP) is 10.9. The number of alkyl carbamates (subject to hydrolysis) is 4. The summed E-state index contributed by atoms with van der Waals surface area (Å²) in [6, 6.07) is 43.0. The number of nitrogens with one attached hydrogen (secondary N) is 6. The van der Waals surface area contributed by atoms with Crippen LogP contribution < -0.4 is 41.4 Å². The Morgan fingerprint density at radius 2 is 0.702 bits per heavy atom. The van der Waals surface area contributed by atoms with E-state index in [1.165, 1.54) is 14.2 Å². The van der Waals surface area contributed by atoms with E-state index in [4.69, 9.17) is 37.9 Å². The van der Waals surface area contributed by atoms with Crippen LogP contribution >= 0.6 is 0 Å². The highest BCUT2D eigenvalue weighted by Crippen LogP contribution is 2.39. The summed E-state index contributed by atoms with van der Waals surface area (Å²) in [5.74, 6) is -2.18. The van der Waals surface area contributed by atoms with Crippen molar-refractivity contribution in [1.82, 2.24) is 31.9 Å². The van der Waals surface area contributed by atoms with Gasteiger partial charge in [-0.25, -0.2) is 28.8 Å². The maximum absolute atomic E-state index is 14.4. The van der Waals surface area contributed by atoms with E-state index in [1.807, 2.05) is 121 Å². The maximum Gasteiger partial charge on any atom is 0.408 e. The Hall–Kier alpha value is -10.1. The molecule has 94 heavy (non-hydrogen) atoms. The van der Waals surface area contributed by atoms with Crippen molar-refractivity contribution < 1.29 is 76.3 Å². The van der Waals surface area contributed by atoms with E-state index in [2.05, 4.69) is 31.9 Å². The number of methoxy groups -OCH3 is 2. The zero-order valence-corrected chi connectivity index (χ0v) is 54.8. The van der Waals surface area contributed by atoms with Gasteiger partial charge < -0.3 is 69.8 Å². The van der Waals surface area contributed by atoms with Gasteiger partial charge in [0.05, 0.1) is 14.2 Å². The minimum absolute atomic E-state index is 0.0882. The Balaban J connectivity index is 1.28. The minimum Gasteiger partial charge on any atom is -0.488 e. The van der Waals surface area contributed by atoms with Crippen molar-refractivity contribution >= 4 is 48.1 Å². The van der Waals surface area contributed by atoms with Crippen LogP contribution in [0, 0.1) is 0 Å². The summed E-state index contributed by atoms with van der Waals surface area (Å²) in [7, 11) is 2.39. The molecule has 0 unspecified atom stereocenters. The van der Waals surface area contributed by atoms with Crippen LogP contribution in [0.25, 0.3) is 11.1 Å². The molecule has 6 aromatic rings. The van der Waals surface area contributed by atoms with Crippen molar-refractivity contribution in [2.45, 2.75) is 155 Å². The van der Waals surface area contributed by atoms with Gasteiger partial charge in [0.25, 0.3) is 0 Å². The quantitative estimate of drug-likeness (QED) is 0.0127. The first-order chi connectivity index (χ1) is 45.0. The monoisotopic (exact) mass is 1290 g/mol. The molecular weight excluding hydrogens is 1200 g/mol. The molecule has 22 nitrogen and oxygen atoms in total. The summed E-state index contributed by atoms with van der Waals surface area (Å²) in [6.07, 6.45) is -1.47. The Kier molecular flexibility index (Phi) is 29.0. The first-order valence-corrected chi connectivity index (χ1v) is 31.3. The summed E-state index contributed by atoms with van der Waals surface area (Å²) in [4.78, 5) is 108. The zero-order valence-electron chi connectivity index (χ0n) is 54.8. The van der Waals surface area contributed by atoms with E-state index >= 15 is 0 Å². The second-order valence-electron chi connectivity index (χ2n) is 24.2. The highest BCUT2D eigenvalue weighted by molar-refractivity contribution is 5.91. The Morgan fingerprint density at radius 3 is 1.02 bits per heavy atom. The Labute approximate surface area is 549 Å². The molecule has 0 bridgehead atoms. The lowest BCUT2D eigenvalue weighted by molar-refractivity contribution is -0.145.